The van der Waals surface area contributed by atoms with Gasteiger partial charge in [0.25, 0.3) is 0 Å². The summed E-state index contributed by atoms with van der Waals surface area (Å²) in [6.07, 6.45) is 2.88. The molecule has 1 heterocycles. The number of hydrogen-bond acceptors (Lipinski definition) is 6. The van der Waals surface area contributed by atoms with Crippen LogP contribution in [0.15, 0.2) is 12.1 Å². The van der Waals surface area contributed by atoms with Crippen molar-refractivity contribution in [3.05, 3.63) is 34.9 Å². The van der Waals surface area contributed by atoms with Crippen molar-refractivity contribution >= 4 is 5.97 Å². The quantitative estimate of drug-likeness (QED) is 0.561. The number of benzene rings is 1. The highest BCUT2D eigenvalue weighted by Gasteiger charge is 2.19. The third-order valence-corrected chi connectivity index (χ3v) is 3.92. The van der Waals surface area contributed by atoms with Crippen molar-refractivity contribution in [1.29, 1.82) is 0 Å². The molecule has 0 atom stereocenters. The van der Waals surface area contributed by atoms with Gasteiger partial charge >= 0.3 is 5.97 Å². The molecule has 1 aliphatic rings. The van der Waals surface area contributed by atoms with Gasteiger partial charge in [-0.2, -0.15) is 0 Å². The summed E-state index contributed by atoms with van der Waals surface area (Å²) < 4.78 is 41.3. The number of halogens is 2. The van der Waals surface area contributed by atoms with Gasteiger partial charge in [-0.3, -0.25) is 0 Å². The molecule has 0 aliphatic carbocycles. The molecule has 0 bridgehead atoms. The number of rotatable bonds is 7. The van der Waals surface area contributed by atoms with Crippen LogP contribution in [0, 0.1) is 11.6 Å². The van der Waals surface area contributed by atoms with Gasteiger partial charge in [-0.1, -0.05) is 0 Å². The summed E-state index contributed by atoms with van der Waals surface area (Å²) in [5.74, 6) is -2.88. The largest absolute Gasteiger partial charge is 0.465 e. The Hall–Kier alpha value is -1.61. The highest BCUT2D eigenvalue weighted by Crippen LogP contribution is 2.16. The average Bonchev–Trinajstić information content (AvgIpc) is 2.65. The van der Waals surface area contributed by atoms with Crippen molar-refractivity contribution in [2.45, 2.75) is 25.5 Å². The summed E-state index contributed by atoms with van der Waals surface area (Å²) in [6, 6.07) is 2.21. The van der Waals surface area contributed by atoms with Gasteiger partial charge in [0.1, 0.15) is 17.2 Å². The molecule has 2 rings (SSSR count). The van der Waals surface area contributed by atoms with Crippen LogP contribution in [0.1, 0.15) is 28.8 Å². The zero-order valence-electron chi connectivity index (χ0n) is 15.6. The van der Waals surface area contributed by atoms with Gasteiger partial charge in [0.15, 0.2) is 0 Å². The number of piperidine rings is 1. The van der Waals surface area contributed by atoms with E-state index in [2.05, 4.69) is 15.4 Å². The Kier molecular flexibility index (Phi) is 11.0. The maximum Gasteiger partial charge on any atom is 0.343 e. The van der Waals surface area contributed by atoms with Crippen LogP contribution in [0.5, 0.6) is 0 Å². The Balaban J connectivity index is 0.000000350. The van der Waals surface area contributed by atoms with Gasteiger partial charge in [0.05, 0.1) is 19.8 Å². The fourth-order valence-electron chi connectivity index (χ4n) is 2.46. The second kappa shape index (κ2) is 12.7. The first kappa shape index (κ1) is 22.4. The summed E-state index contributed by atoms with van der Waals surface area (Å²) in [6.45, 7) is 3.61. The minimum absolute atomic E-state index is 0.290. The van der Waals surface area contributed by atoms with Gasteiger partial charge in [-0.05, 0) is 43.6 Å². The lowest BCUT2D eigenvalue weighted by Gasteiger charge is -2.20. The van der Waals surface area contributed by atoms with Crippen molar-refractivity contribution in [3.63, 3.8) is 0 Å². The topological polar surface area (TPSA) is 68.8 Å². The third kappa shape index (κ3) is 7.74. The van der Waals surface area contributed by atoms with Crippen LogP contribution in [0.3, 0.4) is 0 Å². The van der Waals surface area contributed by atoms with Gasteiger partial charge in [0.2, 0.25) is 0 Å². The van der Waals surface area contributed by atoms with E-state index in [0.717, 1.165) is 32.3 Å². The predicted molar refractivity (Wildman–Crippen MR) is 94.2 cm³/mol. The molecule has 0 amide bonds. The lowest BCUT2D eigenvalue weighted by atomic mass is 10.1. The van der Waals surface area contributed by atoms with E-state index < -0.39 is 23.2 Å². The molecule has 6 nitrogen and oxygen atoms in total. The molecule has 26 heavy (non-hydrogen) atoms. The van der Waals surface area contributed by atoms with E-state index >= 15 is 0 Å². The Morgan fingerprint density at radius 2 is 1.81 bits per heavy atom. The first-order chi connectivity index (χ1) is 12.5. The molecule has 2 N–H and O–H groups in total. The van der Waals surface area contributed by atoms with Crippen molar-refractivity contribution in [1.82, 2.24) is 10.6 Å². The predicted octanol–water partition coefficient (Wildman–Crippen LogP) is 1.87. The highest BCUT2D eigenvalue weighted by molar-refractivity contribution is 5.90. The molecule has 0 radical (unpaired) electrons. The van der Waals surface area contributed by atoms with Crippen LogP contribution < -0.4 is 10.6 Å². The van der Waals surface area contributed by atoms with Crippen LogP contribution in [0.25, 0.3) is 0 Å². The van der Waals surface area contributed by atoms with E-state index in [1.54, 1.807) is 14.2 Å². The number of carbonyl (C=O) groups is 1. The summed E-state index contributed by atoms with van der Waals surface area (Å²) in [5.41, 5.74) is -0.258. The fraction of sp³-hybridized carbons (Fsp3) is 0.611. The van der Waals surface area contributed by atoms with E-state index in [1.165, 1.54) is 12.8 Å². The molecule has 1 aromatic carbocycles. The number of nitrogens with one attached hydrogen (secondary N) is 2. The zero-order chi connectivity index (χ0) is 19.4. The van der Waals surface area contributed by atoms with Crippen LogP contribution in [-0.4, -0.2) is 59.6 Å². The van der Waals surface area contributed by atoms with E-state index in [-0.39, 0.29) is 0 Å². The lowest BCUT2D eigenvalue weighted by Crippen LogP contribution is -2.31. The minimum atomic E-state index is -1.02. The molecule has 148 valence electrons. The first-order valence-corrected chi connectivity index (χ1v) is 8.52. The van der Waals surface area contributed by atoms with Crippen LogP contribution in [0.2, 0.25) is 0 Å². The van der Waals surface area contributed by atoms with E-state index in [0.29, 0.717) is 31.4 Å². The molecule has 1 fully saturated rings. The molecular formula is C18H28F2N2O4. The van der Waals surface area contributed by atoms with Gasteiger partial charge in [0, 0.05) is 27.3 Å². The molecular weight excluding hydrogens is 346 g/mol. The maximum atomic E-state index is 13.5. The van der Waals surface area contributed by atoms with Crippen LogP contribution >= 0.6 is 0 Å². The number of esters is 1. The molecule has 8 heteroatoms. The molecule has 0 saturated carbocycles. The summed E-state index contributed by atoms with van der Waals surface area (Å²) >= 11 is 0. The molecule has 1 aromatic rings. The lowest BCUT2D eigenvalue weighted by molar-refractivity contribution is 0.0589. The van der Waals surface area contributed by atoms with Crippen molar-refractivity contribution < 1.29 is 27.8 Å². The number of ether oxygens (including phenoxy) is 3. The van der Waals surface area contributed by atoms with Crippen LogP contribution in [0.4, 0.5) is 8.78 Å². The summed E-state index contributed by atoms with van der Waals surface area (Å²) in [4.78, 5) is 11.1. The summed E-state index contributed by atoms with van der Waals surface area (Å²) in [7, 11) is 4.42. The second-order valence-electron chi connectivity index (χ2n) is 5.78. The SMILES string of the molecule is COC1CCNCC1.COCCNCc1cc(F)c(C(=O)OC)c(F)c1. The van der Waals surface area contributed by atoms with E-state index in [4.69, 9.17) is 9.47 Å². The Labute approximate surface area is 153 Å². The second-order valence-corrected chi connectivity index (χ2v) is 5.78. The monoisotopic (exact) mass is 374 g/mol. The minimum Gasteiger partial charge on any atom is -0.465 e. The van der Waals surface area contributed by atoms with E-state index in [1.807, 2.05) is 0 Å². The fourth-order valence-corrected chi connectivity index (χ4v) is 2.46. The smallest absolute Gasteiger partial charge is 0.343 e. The summed E-state index contributed by atoms with van der Waals surface area (Å²) in [5, 5.41) is 6.21. The molecule has 1 saturated heterocycles. The van der Waals surface area contributed by atoms with Crippen molar-refractivity contribution in [3.8, 4) is 0 Å². The Morgan fingerprint density at radius 3 is 2.27 bits per heavy atom. The number of carbonyl (C=O) groups excluding carboxylic acids is 1. The van der Waals surface area contributed by atoms with Gasteiger partial charge in [-0.25, -0.2) is 13.6 Å². The number of hydrogen-bond donors (Lipinski definition) is 2. The highest BCUT2D eigenvalue weighted by atomic mass is 19.1. The van der Waals surface area contributed by atoms with Gasteiger partial charge < -0.3 is 24.8 Å². The zero-order valence-corrected chi connectivity index (χ0v) is 15.6. The Bertz CT molecular complexity index is 529. The molecule has 1 aliphatic heterocycles. The van der Waals surface area contributed by atoms with Crippen molar-refractivity contribution in [2.75, 3.05) is 47.6 Å². The third-order valence-electron chi connectivity index (χ3n) is 3.92. The van der Waals surface area contributed by atoms with Gasteiger partial charge in [-0.15, -0.1) is 0 Å². The first-order valence-electron chi connectivity index (χ1n) is 8.52. The average molecular weight is 374 g/mol. The normalized spacial score (nSPS) is 14.5. The van der Waals surface area contributed by atoms with Crippen LogP contribution in [-0.2, 0) is 20.8 Å². The Morgan fingerprint density at radius 1 is 1.19 bits per heavy atom. The van der Waals surface area contributed by atoms with E-state index in [9.17, 15) is 13.6 Å². The molecule has 0 aromatic heterocycles. The molecule has 0 spiro atoms. The maximum absolute atomic E-state index is 13.5. The molecule has 0 unspecified atom stereocenters. The number of methoxy groups -OCH3 is 3. The van der Waals surface area contributed by atoms with Crippen molar-refractivity contribution in [2.24, 2.45) is 0 Å². The standard InChI is InChI=1S/C12H15F2NO3.C6H13NO/c1-17-4-3-15-7-8-5-9(13)11(10(14)6-8)12(16)18-2;1-8-6-2-4-7-5-3-6/h5-6,15H,3-4,7H2,1-2H3;6-7H,2-5H2,1H3.